The molecule has 0 N–H and O–H groups in total. The molecular weight excluding hydrogens is 180 g/mol. The van der Waals surface area contributed by atoms with Crippen LogP contribution in [-0.2, 0) is 19.3 Å². The summed E-state index contributed by atoms with van der Waals surface area (Å²) in [5.74, 6) is 0. The van der Waals surface area contributed by atoms with Crippen LogP contribution in [0.2, 0.25) is 0 Å². The van der Waals surface area contributed by atoms with E-state index in [1.54, 1.807) is 11.3 Å². The van der Waals surface area contributed by atoms with Gasteiger partial charge in [0.25, 0.3) is 0 Å². The van der Waals surface area contributed by atoms with E-state index in [-0.39, 0.29) is 0 Å². The lowest BCUT2D eigenvalue weighted by molar-refractivity contribution is 0.868. The van der Waals surface area contributed by atoms with E-state index in [9.17, 15) is 0 Å². The second kappa shape index (κ2) is 4.98. The van der Waals surface area contributed by atoms with Crippen molar-refractivity contribution in [3.05, 3.63) is 15.6 Å². The number of nitrogens with zero attached hydrogens (tertiary/aromatic N) is 2. The molecule has 0 aliphatic carbocycles. The van der Waals surface area contributed by atoms with Crippen LogP contribution >= 0.6 is 11.3 Å². The molecule has 1 aromatic heterocycles. The second-order valence-corrected chi connectivity index (χ2v) is 4.08. The molecule has 2 nitrogen and oxygen atoms in total. The van der Waals surface area contributed by atoms with E-state index in [0.717, 1.165) is 24.3 Å². The molecular formula is C10H14N2S. The number of thiazole rings is 1. The zero-order valence-electron chi connectivity index (χ0n) is 8.13. The first-order valence-electron chi connectivity index (χ1n) is 4.66. The summed E-state index contributed by atoms with van der Waals surface area (Å²) in [5.41, 5.74) is 1.21. The van der Waals surface area contributed by atoms with Crippen LogP contribution in [0.3, 0.4) is 0 Å². The number of hydrogen-bond acceptors (Lipinski definition) is 3. The van der Waals surface area contributed by atoms with E-state index in [4.69, 9.17) is 5.26 Å². The zero-order chi connectivity index (χ0) is 9.68. The van der Waals surface area contributed by atoms with Gasteiger partial charge in [-0.05, 0) is 12.8 Å². The Morgan fingerprint density at radius 1 is 1.46 bits per heavy atom. The Morgan fingerprint density at radius 2 is 2.23 bits per heavy atom. The smallest absolute Gasteiger partial charge is 0.107 e. The standard InChI is InChI=1S/C10H14N2S/c1-3-5-8-9(4-2)13-10(12-8)6-7-11/h3-6H2,1-2H3. The number of rotatable bonds is 4. The van der Waals surface area contributed by atoms with Crippen molar-refractivity contribution in [1.82, 2.24) is 4.98 Å². The van der Waals surface area contributed by atoms with Gasteiger partial charge in [0.1, 0.15) is 5.01 Å². The maximum atomic E-state index is 8.54. The van der Waals surface area contributed by atoms with Gasteiger partial charge in [-0.15, -0.1) is 11.3 Å². The molecule has 0 spiro atoms. The molecule has 1 aromatic rings. The number of aromatic nitrogens is 1. The van der Waals surface area contributed by atoms with Crippen LogP contribution in [0.1, 0.15) is 35.8 Å². The Bertz CT molecular complexity index is 309. The van der Waals surface area contributed by atoms with Gasteiger partial charge in [-0.1, -0.05) is 20.3 Å². The van der Waals surface area contributed by atoms with Crippen molar-refractivity contribution in [3.63, 3.8) is 0 Å². The molecule has 0 atom stereocenters. The highest BCUT2D eigenvalue weighted by molar-refractivity contribution is 7.11. The third-order valence-electron chi connectivity index (χ3n) is 1.86. The van der Waals surface area contributed by atoms with E-state index in [1.165, 1.54) is 10.6 Å². The van der Waals surface area contributed by atoms with Crippen molar-refractivity contribution < 1.29 is 0 Å². The van der Waals surface area contributed by atoms with Gasteiger partial charge in [-0.3, -0.25) is 0 Å². The van der Waals surface area contributed by atoms with E-state index in [0.29, 0.717) is 6.42 Å². The van der Waals surface area contributed by atoms with Gasteiger partial charge < -0.3 is 0 Å². The summed E-state index contributed by atoms with van der Waals surface area (Å²) in [5, 5.41) is 9.51. The molecule has 1 rings (SSSR count). The van der Waals surface area contributed by atoms with Gasteiger partial charge in [0.15, 0.2) is 0 Å². The fourth-order valence-corrected chi connectivity index (χ4v) is 2.28. The van der Waals surface area contributed by atoms with E-state index >= 15 is 0 Å². The molecule has 0 aliphatic rings. The molecule has 0 saturated heterocycles. The number of aryl methyl sites for hydroxylation is 2. The Morgan fingerprint density at radius 3 is 2.77 bits per heavy atom. The summed E-state index contributed by atoms with van der Waals surface area (Å²) in [6, 6.07) is 2.14. The van der Waals surface area contributed by atoms with Crippen molar-refractivity contribution in [3.8, 4) is 6.07 Å². The first-order chi connectivity index (χ1) is 6.31. The molecule has 3 heteroatoms. The normalized spacial score (nSPS) is 9.92. The lowest BCUT2D eigenvalue weighted by atomic mass is 10.2. The quantitative estimate of drug-likeness (QED) is 0.739. The Labute approximate surface area is 83.2 Å². The van der Waals surface area contributed by atoms with Crippen molar-refractivity contribution >= 4 is 11.3 Å². The summed E-state index contributed by atoms with van der Waals surface area (Å²) in [6.07, 6.45) is 3.67. The molecule has 0 fully saturated rings. The summed E-state index contributed by atoms with van der Waals surface area (Å²) in [6.45, 7) is 4.30. The minimum Gasteiger partial charge on any atom is -0.245 e. The lowest BCUT2D eigenvalue weighted by Gasteiger charge is -1.94. The second-order valence-electron chi connectivity index (χ2n) is 2.92. The predicted octanol–water partition coefficient (Wildman–Crippen LogP) is 2.72. The fraction of sp³-hybridized carbons (Fsp3) is 0.600. The molecule has 0 bridgehead atoms. The van der Waals surface area contributed by atoms with Crippen LogP contribution in [0.15, 0.2) is 0 Å². The summed E-state index contributed by atoms with van der Waals surface area (Å²) in [7, 11) is 0. The minimum atomic E-state index is 0.460. The Kier molecular flexibility index (Phi) is 3.91. The van der Waals surface area contributed by atoms with Crippen LogP contribution in [0.4, 0.5) is 0 Å². The fourth-order valence-electron chi connectivity index (χ4n) is 1.29. The van der Waals surface area contributed by atoms with Crippen LogP contribution in [0.5, 0.6) is 0 Å². The van der Waals surface area contributed by atoms with Crippen LogP contribution < -0.4 is 0 Å². The highest BCUT2D eigenvalue weighted by Crippen LogP contribution is 2.20. The van der Waals surface area contributed by atoms with E-state index in [2.05, 4.69) is 24.9 Å². The molecule has 0 amide bonds. The Balaban J connectivity index is 2.85. The molecule has 0 saturated carbocycles. The zero-order valence-corrected chi connectivity index (χ0v) is 8.95. The number of nitriles is 1. The molecule has 0 aromatic carbocycles. The molecule has 13 heavy (non-hydrogen) atoms. The van der Waals surface area contributed by atoms with Gasteiger partial charge in [0.05, 0.1) is 18.2 Å². The first kappa shape index (κ1) is 10.2. The van der Waals surface area contributed by atoms with Gasteiger partial charge in [-0.25, -0.2) is 4.98 Å². The summed E-state index contributed by atoms with van der Waals surface area (Å²) < 4.78 is 0. The van der Waals surface area contributed by atoms with Crippen molar-refractivity contribution in [2.24, 2.45) is 0 Å². The highest BCUT2D eigenvalue weighted by Gasteiger charge is 2.07. The molecule has 1 heterocycles. The topological polar surface area (TPSA) is 36.7 Å². The van der Waals surface area contributed by atoms with Gasteiger partial charge in [-0.2, -0.15) is 5.26 Å². The molecule has 0 unspecified atom stereocenters. The lowest BCUT2D eigenvalue weighted by Crippen LogP contribution is -1.89. The summed E-state index contributed by atoms with van der Waals surface area (Å²) in [4.78, 5) is 5.81. The molecule has 0 radical (unpaired) electrons. The first-order valence-corrected chi connectivity index (χ1v) is 5.47. The van der Waals surface area contributed by atoms with E-state index < -0.39 is 0 Å². The van der Waals surface area contributed by atoms with Crippen molar-refractivity contribution in [2.45, 2.75) is 39.5 Å². The third kappa shape index (κ3) is 2.53. The average Bonchev–Trinajstić information content (AvgIpc) is 2.49. The largest absolute Gasteiger partial charge is 0.245 e. The monoisotopic (exact) mass is 194 g/mol. The van der Waals surface area contributed by atoms with Gasteiger partial charge in [0, 0.05) is 4.88 Å². The third-order valence-corrected chi connectivity index (χ3v) is 3.10. The van der Waals surface area contributed by atoms with Gasteiger partial charge in [0.2, 0.25) is 0 Å². The van der Waals surface area contributed by atoms with Crippen molar-refractivity contribution in [2.75, 3.05) is 0 Å². The van der Waals surface area contributed by atoms with Gasteiger partial charge >= 0.3 is 0 Å². The molecule has 70 valence electrons. The maximum Gasteiger partial charge on any atom is 0.107 e. The number of hydrogen-bond donors (Lipinski definition) is 0. The van der Waals surface area contributed by atoms with E-state index in [1.807, 2.05) is 0 Å². The predicted molar refractivity (Wildman–Crippen MR) is 54.8 cm³/mol. The van der Waals surface area contributed by atoms with Crippen molar-refractivity contribution in [1.29, 1.82) is 5.26 Å². The van der Waals surface area contributed by atoms with Crippen LogP contribution in [0.25, 0.3) is 0 Å². The molecule has 0 aliphatic heterocycles. The highest BCUT2D eigenvalue weighted by atomic mass is 32.1. The maximum absolute atomic E-state index is 8.54. The Hall–Kier alpha value is -0.880. The average molecular weight is 194 g/mol. The van der Waals surface area contributed by atoms with Crippen LogP contribution in [0, 0.1) is 11.3 Å². The van der Waals surface area contributed by atoms with Crippen LogP contribution in [-0.4, -0.2) is 4.98 Å². The summed E-state index contributed by atoms with van der Waals surface area (Å²) >= 11 is 1.69. The minimum absolute atomic E-state index is 0.460. The SMILES string of the molecule is CCCc1nc(CC#N)sc1CC.